The van der Waals surface area contributed by atoms with E-state index in [1.54, 1.807) is 6.07 Å². The van der Waals surface area contributed by atoms with Crippen molar-refractivity contribution in [3.63, 3.8) is 0 Å². The first-order valence-electron chi connectivity index (χ1n) is 7.31. The van der Waals surface area contributed by atoms with Gasteiger partial charge in [0.05, 0.1) is 10.5 Å². The molecule has 0 spiro atoms. The molecule has 0 aliphatic carbocycles. The molecule has 1 atom stereocenters. The quantitative estimate of drug-likeness (QED) is 0.760. The average molecular weight is 350 g/mol. The fourth-order valence-corrected chi connectivity index (χ4v) is 2.81. The number of hydrogen-bond acceptors (Lipinski definition) is 1. The molecule has 0 bridgehead atoms. The molecule has 2 aromatic carbocycles. The molecular weight excluding hydrogens is 329 g/mol. The lowest BCUT2D eigenvalue weighted by molar-refractivity contribution is 0.555. The summed E-state index contributed by atoms with van der Waals surface area (Å²) in [5, 5.41) is 3.37. The van der Waals surface area contributed by atoms with Crippen molar-refractivity contribution in [1.82, 2.24) is 5.32 Å². The van der Waals surface area contributed by atoms with Crippen molar-refractivity contribution in [2.45, 2.75) is 32.7 Å². The zero-order valence-electron chi connectivity index (χ0n) is 12.7. The molecule has 3 heteroatoms. The third-order valence-electron chi connectivity index (χ3n) is 3.64. The van der Waals surface area contributed by atoms with E-state index in [0.29, 0.717) is 16.0 Å². The molecule has 0 fully saturated rings. The van der Waals surface area contributed by atoms with E-state index in [1.807, 2.05) is 19.1 Å². The second-order valence-electron chi connectivity index (χ2n) is 5.46. The lowest BCUT2D eigenvalue weighted by Crippen LogP contribution is -2.23. The van der Waals surface area contributed by atoms with Crippen molar-refractivity contribution in [2.75, 3.05) is 6.54 Å². The summed E-state index contributed by atoms with van der Waals surface area (Å²) in [6, 6.07) is 13.7. The van der Waals surface area contributed by atoms with E-state index in [0.717, 1.165) is 12.1 Å². The van der Waals surface area contributed by atoms with Crippen molar-refractivity contribution < 1.29 is 4.39 Å². The Morgan fingerprint density at radius 2 is 1.67 bits per heavy atom. The third-order valence-corrected chi connectivity index (χ3v) is 4.25. The Balaban J connectivity index is 2.41. The largest absolute Gasteiger partial charge is 0.306 e. The van der Waals surface area contributed by atoms with E-state index in [2.05, 4.69) is 59.4 Å². The highest BCUT2D eigenvalue weighted by Crippen LogP contribution is 2.29. The topological polar surface area (TPSA) is 12.0 Å². The monoisotopic (exact) mass is 349 g/mol. The van der Waals surface area contributed by atoms with Crippen molar-refractivity contribution in [3.05, 3.63) is 69.4 Å². The SMILES string of the molecule is CCNC(c1ccc(C(C)C)cc1)c1cccc(Br)c1F. The summed E-state index contributed by atoms with van der Waals surface area (Å²) in [5.74, 6) is 0.302. The molecule has 0 amide bonds. The first-order valence-corrected chi connectivity index (χ1v) is 8.11. The molecule has 0 saturated heterocycles. The maximum absolute atomic E-state index is 14.4. The zero-order valence-corrected chi connectivity index (χ0v) is 14.2. The highest BCUT2D eigenvalue weighted by atomic mass is 79.9. The van der Waals surface area contributed by atoms with E-state index >= 15 is 0 Å². The Labute approximate surface area is 134 Å². The Morgan fingerprint density at radius 3 is 2.24 bits per heavy atom. The van der Waals surface area contributed by atoms with Gasteiger partial charge >= 0.3 is 0 Å². The van der Waals surface area contributed by atoms with Crippen LogP contribution < -0.4 is 5.32 Å². The number of benzene rings is 2. The molecule has 21 heavy (non-hydrogen) atoms. The maximum Gasteiger partial charge on any atom is 0.142 e. The summed E-state index contributed by atoms with van der Waals surface area (Å²) < 4.78 is 14.9. The maximum atomic E-state index is 14.4. The van der Waals surface area contributed by atoms with Crippen LogP contribution in [-0.4, -0.2) is 6.54 Å². The molecule has 1 N–H and O–H groups in total. The Kier molecular flexibility index (Phi) is 5.54. The van der Waals surface area contributed by atoms with Crippen LogP contribution in [0.25, 0.3) is 0 Å². The van der Waals surface area contributed by atoms with Gasteiger partial charge in [-0.15, -0.1) is 0 Å². The molecule has 0 radical (unpaired) electrons. The van der Waals surface area contributed by atoms with Gasteiger partial charge in [-0.2, -0.15) is 0 Å². The van der Waals surface area contributed by atoms with E-state index in [1.165, 1.54) is 5.56 Å². The van der Waals surface area contributed by atoms with Crippen LogP contribution in [0.4, 0.5) is 4.39 Å². The van der Waals surface area contributed by atoms with Gasteiger partial charge in [0.1, 0.15) is 5.82 Å². The average Bonchev–Trinajstić information content (AvgIpc) is 2.48. The van der Waals surface area contributed by atoms with Gasteiger partial charge in [-0.25, -0.2) is 4.39 Å². The molecule has 0 aliphatic rings. The van der Waals surface area contributed by atoms with Gasteiger partial charge in [-0.3, -0.25) is 0 Å². The number of rotatable bonds is 5. The Hall–Kier alpha value is -1.19. The van der Waals surface area contributed by atoms with Crippen LogP contribution in [0.3, 0.4) is 0 Å². The summed E-state index contributed by atoms with van der Waals surface area (Å²) in [5.41, 5.74) is 3.05. The van der Waals surface area contributed by atoms with E-state index in [-0.39, 0.29) is 11.9 Å². The van der Waals surface area contributed by atoms with Gasteiger partial charge in [-0.1, -0.05) is 57.2 Å². The lowest BCUT2D eigenvalue weighted by atomic mass is 9.95. The lowest BCUT2D eigenvalue weighted by Gasteiger charge is -2.20. The van der Waals surface area contributed by atoms with Gasteiger partial charge in [0.25, 0.3) is 0 Å². The predicted octanol–water partition coefficient (Wildman–Crippen LogP) is 5.41. The highest BCUT2D eigenvalue weighted by molar-refractivity contribution is 9.10. The van der Waals surface area contributed by atoms with Gasteiger partial charge in [0, 0.05) is 5.56 Å². The molecule has 0 saturated carbocycles. The van der Waals surface area contributed by atoms with Crippen LogP contribution in [0.5, 0.6) is 0 Å². The van der Waals surface area contributed by atoms with Crippen LogP contribution in [0.15, 0.2) is 46.9 Å². The number of hydrogen-bond donors (Lipinski definition) is 1. The van der Waals surface area contributed by atoms with Crippen LogP contribution in [0.2, 0.25) is 0 Å². The second-order valence-corrected chi connectivity index (χ2v) is 6.31. The van der Waals surface area contributed by atoms with Gasteiger partial charge < -0.3 is 5.32 Å². The third kappa shape index (κ3) is 3.72. The molecule has 112 valence electrons. The molecule has 1 unspecified atom stereocenters. The van der Waals surface area contributed by atoms with Crippen molar-refractivity contribution in [3.8, 4) is 0 Å². The van der Waals surface area contributed by atoms with Gasteiger partial charge in [0.15, 0.2) is 0 Å². The summed E-state index contributed by atoms with van der Waals surface area (Å²) in [7, 11) is 0. The zero-order chi connectivity index (χ0) is 15.4. The minimum absolute atomic E-state index is 0.131. The molecular formula is C18H21BrFN. The van der Waals surface area contributed by atoms with Crippen molar-refractivity contribution >= 4 is 15.9 Å². The Bertz CT molecular complexity index is 593. The fourth-order valence-electron chi connectivity index (χ4n) is 2.43. The molecule has 2 rings (SSSR count). The predicted molar refractivity (Wildman–Crippen MR) is 90.2 cm³/mol. The van der Waals surface area contributed by atoms with Crippen LogP contribution >= 0.6 is 15.9 Å². The highest BCUT2D eigenvalue weighted by Gasteiger charge is 2.18. The van der Waals surface area contributed by atoms with Gasteiger partial charge in [-0.05, 0) is 45.6 Å². The van der Waals surface area contributed by atoms with Gasteiger partial charge in [0.2, 0.25) is 0 Å². The van der Waals surface area contributed by atoms with E-state index in [9.17, 15) is 4.39 Å². The summed E-state index contributed by atoms with van der Waals surface area (Å²) in [4.78, 5) is 0. The minimum Gasteiger partial charge on any atom is -0.306 e. The van der Waals surface area contributed by atoms with Crippen molar-refractivity contribution in [1.29, 1.82) is 0 Å². The fraction of sp³-hybridized carbons (Fsp3) is 0.333. The molecule has 0 heterocycles. The summed E-state index contributed by atoms with van der Waals surface area (Å²) >= 11 is 3.27. The number of nitrogens with one attached hydrogen (secondary N) is 1. The second kappa shape index (κ2) is 7.19. The standard InChI is InChI=1S/C18H21BrFN/c1-4-21-18(15-6-5-7-16(19)17(15)20)14-10-8-13(9-11-14)12(2)3/h5-12,18,21H,4H2,1-3H3. The van der Waals surface area contributed by atoms with E-state index < -0.39 is 0 Å². The summed E-state index contributed by atoms with van der Waals surface area (Å²) in [6.07, 6.45) is 0. The van der Waals surface area contributed by atoms with Crippen LogP contribution in [-0.2, 0) is 0 Å². The van der Waals surface area contributed by atoms with Crippen molar-refractivity contribution in [2.24, 2.45) is 0 Å². The number of halogens is 2. The first-order chi connectivity index (χ1) is 10.0. The molecule has 0 aliphatic heterocycles. The molecule has 0 aromatic heterocycles. The first kappa shape index (κ1) is 16.2. The smallest absolute Gasteiger partial charge is 0.142 e. The normalized spacial score (nSPS) is 12.7. The van der Waals surface area contributed by atoms with Crippen LogP contribution in [0, 0.1) is 5.82 Å². The van der Waals surface area contributed by atoms with E-state index in [4.69, 9.17) is 0 Å². The molecule has 1 nitrogen and oxygen atoms in total. The van der Waals surface area contributed by atoms with Crippen LogP contribution in [0.1, 0.15) is 49.4 Å². The molecule has 2 aromatic rings. The summed E-state index contributed by atoms with van der Waals surface area (Å²) in [6.45, 7) is 7.16. The minimum atomic E-state index is -0.198. The Morgan fingerprint density at radius 1 is 1.05 bits per heavy atom.